The molecule has 0 bridgehead atoms. The van der Waals surface area contributed by atoms with E-state index in [0.29, 0.717) is 29.3 Å². The summed E-state index contributed by atoms with van der Waals surface area (Å²) in [6, 6.07) is 17.4. The van der Waals surface area contributed by atoms with Gasteiger partial charge in [-0.2, -0.15) is 0 Å². The van der Waals surface area contributed by atoms with E-state index in [1.54, 1.807) is 56.4 Å². The minimum absolute atomic E-state index is 0.0849. The van der Waals surface area contributed by atoms with Crippen molar-refractivity contribution in [1.29, 1.82) is 0 Å². The molecule has 1 saturated heterocycles. The molecule has 5 rings (SSSR count). The van der Waals surface area contributed by atoms with E-state index in [2.05, 4.69) is 25.4 Å². The van der Waals surface area contributed by atoms with Crippen molar-refractivity contribution in [3.63, 3.8) is 0 Å². The van der Waals surface area contributed by atoms with Crippen LogP contribution in [0.5, 0.6) is 0 Å². The first kappa shape index (κ1) is 25.0. The molecule has 1 aliphatic heterocycles. The molecule has 38 heavy (non-hydrogen) atoms. The SMILES string of the molecule is C[C@H](Nc1nccc(-c2cccc(-c3cc([C@]4(O)CCN(C)C4=O)on3)n2)n1)C(=O)N(C)c1ccccc1. The van der Waals surface area contributed by atoms with Crippen molar-refractivity contribution < 1.29 is 19.2 Å². The molecule has 1 aliphatic rings. The van der Waals surface area contributed by atoms with Crippen LogP contribution in [-0.4, -0.2) is 68.6 Å². The number of carbonyl (C=O) groups is 2. The Labute approximate surface area is 219 Å². The Morgan fingerprint density at radius 1 is 1.08 bits per heavy atom. The highest BCUT2D eigenvalue weighted by molar-refractivity contribution is 5.97. The molecule has 3 aromatic heterocycles. The summed E-state index contributed by atoms with van der Waals surface area (Å²) in [5.74, 6) is -0.195. The van der Waals surface area contributed by atoms with E-state index in [1.165, 1.54) is 11.0 Å². The summed E-state index contributed by atoms with van der Waals surface area (Å²) in [6.07, 6.45) is 1.81. The van der Waals surface area contributed by atoms with Crippen LogP contribution >= 0.6 is 0 Å². The van der Waals surface area contributed by atoms with Gasteiger partial charge >= 0.3 is 0 Å². The first-order valence-corrected chi connectivity index (χ1v) is 12.1. The van der Waals surface area contributed by atoms with E-state index in [1.807, 2.05) is 30.3 Å². The maximum Gasteiger partial charge on any atom is 0.262 e. The van der Waals surface area contributed by atoms with Crippen molar-refractivity contribution in [2.24, 2.45) is 0 Å². The maximum absolute atomic E-state index is 12.9. The molecule has 2 amide bonds. The van der Waals surface area contributed by atoms with E-state index in [4.69, 9.17) is 4.52 Å². The monoisotopic (exact) mass is 513 g/mol. The molecular formula is C27H27N7O4. The average molecular weight is 514 g/mol. The highest BCUT2D eigenvalue weighted by Crippen LogP contribution is 2.34. The fourth-order valence-electron chi connectivity index (χ4n) is 4.29. The number of amides is 2. The first-order chi connectivity index (χ1) is 18.3. The predicted molar refractivity (Wildman–Crippen MR) is 140 cm³/mol. The minimum Gasteiger partial charge on any atom is -0.373 e. The fraction of sp³-hybridized carbons (Fsp3) is 0.259. The molecule has 1 aromatic carbocycles. The normalized spacial score (nSPS) is 17.9. The highest BCUT2D eigenvalue weighted by atomic mass is 16.5. The fourth-order valence-corrected chi connectivity index (χ4v) is 4.29. The van der Waals surface area contributed by atoms with Gasteiger partial charge in [-0.3, -0.25) is 9.59 Å². The van der Waals surface area contributed by atoms with Crippen molar-refractivity contribution in [1.82, 2.24) is 25.0 Å². The first-order valence-electron chi connectivity index (χ1n) is 12.1. The van der Waals surface area contributed by atoms with Crippen LogP contribution in [0.25, 0.3) is 22.8 Å². The van der Waals surface area contributed by atoms with E-state index in [-0.39, 0.29) is 24.0 Å². The van der Waals surface area contributed by atoms with E-state index in [9.17, 15) is 14.7 Å². The van der Waals surface area contributed by atoms with Crippen LogP contribution < -0.4 is 10.2 Å². The van der Waals surface area contributed by atoms with Crippen LogP contribution in [0.1, 0.15) is 19.1 Å². The zero-order valence-corrected chi connectivity index (χ0v) is 21.2. The summed E-state index contributed by atoms with van der Waals surface area (Å²) in [5, 5.41) is 17.9. The zero-order valence-electron chi connectivity index (χ0n) is 21.2. The Bertz CT molecular complexity index is 1480. The second kappa shape index (κ2) is 10.0. The number of carbonyl (C=O) groups excluding carboxylic acids is 2. The number of pyridine rings is 1. The predicted octanol–water partition coefficient (Wildman–Crippen LogP) is 2.71. The number of rotatable bonds is 7. The summed E-state index contributed by atoms with van der Waals surface area (Å²) in [4.78, 5) is 41.8. The van der Waals surface area contributed by atoms with Crippen LogP contribution in [0, 0.1) is 0 Å². The van der Waals surface area contributed by atoms with Crippen LogP contribution in [0.3, 0.4) is 0 Å². The zero-order chi connectivity index (χ0) is 26.9. The number of nitrogens with zero attached hydrogens (tertiary/aromatic N) is 6. The molecule has 4 aromatic rings. The number of hydrogen-bond acceptors (Lipinski definition) is 9. The van der Waals surface area contributed by atoms with E-state index >= 15 is 0 Å². The van der Waals surface area contributed by atoms with Crippen molar-refractivity contribution >= 4 is 23.5 Å². The molecule has 2 atom stereocenters. The van der Waals surface area contributed by atoms with Gasteiger partial charge in [0.1, 0.15) is 11.7 Å². The molecule has 0 aliphatic carbocycles. The smallest absolute Gasteiger partial charge is 0.262 e. The van der Waals surface area contributed by atoms with E-state index < -0.39 is 17.6 Å². The van der Waals surface area contributed by atoms with Crippen molar-refractivity contribution in [3.8, 4) is 22.8 Å². The Hall–Kier alpha value is -4.64. The second-order valence-corrected chi connectivity index (χ2v) is 9.19. The van der Waals surface area contributed by atoms with Crippen molar-refractivity contribution in [2.45, 2.75) is 25.0 Å². The maximum atomic E-state index is 12.9. The van der Waals surface area contributed by atoms with Gasteiger partial charge in [0.25, 0.3) is 5.91 Å². The Morgan fingerprint density at radius 3 is 2.50 bits per heavy atom. The van der Waals surface area contributed by atoms with Gasteiger partial charge in [-0.05, 0) is 37.3 Å². The molecule has 11 heteroatoms. The number of likely N-dealkylation sites (N-methyl/N-ethyl adjacent to an activating group) is 2. The van der Waals surface area contributed by atoms with Crippen LogP contribution in [0.2, 0.25) is 0 Å². The third kappa shape index (κ3) is 4.71. The van der Waals surface area contributed by atoms with Crippen LogP contribution in [0.15, 0.2) is 71.4 Å². The molecule has 11 nitrogen and oxygen atoms in total. The largest absolute Gasteiger partial charge is 0.373 e. The number of aromatic nitrogens is 4. The molecule has 194 valence electrons. The lowest BCUT2D eigenvalue weighted by Crippen LogP contribution is -2.39. The van der Waals surface area contributed by atoms with Gasteiger partial charge in [0, 0.05) is 45.0 Å². The number of hydrogen-bond donors (Lipinski definition) is 2. The summed E-state index contributed by atoms with van der Waals surface area (Å²) in [6.45, 7) is 2.18. The third-order valence-electron chi connectivity index (χ3n) is 6.55. The molecule has 0 radical (unpaired) electrons. The van der Waals surface area contributed by atoms with Gasteiger partial charge in [-0.15, -0.1) is 0 Å². The highest BCUT2D eigenvalue weighted by Gasteiger charge is 2.48. The lowest BCUT2D eigenvalue weighted by Gasteiger charge is -2.22. The summed E-state index contributed by atoms with van der Waals surface area (Å²) < 4.78 is 5.35. The van der Waals surface area contributed by atoms with Gasteiger partial charge in [0.05, 0.1) is 17.1 Å². The summed E-state index contributed by atoms with van der Waals surface area (Å²) in [5.41, 5.74) is 1.01. The average Bonchev–Trinajstić information content (AvgIpc) is 3.55. The minimum atomic E-state index is -1.73. The Morgan fingerprint density at radius 2 is 1.79 bits per heavy atom. The standard InChI is InChI=1S/C27H27N7O4/c1-17(24(35)34(3)18-8-5-4-6-9-18)29-26-28-14-12-21(31-26)19-10-7-11-20(30-19)22-16-23(38-32-22)27(37)13-15-33(2)25(27)36/h4-12,14,16-17,37H,13,15H2,1-3H3,(H,28,29,31)/t17-,27+/m0/s1. The van der Waals surface area contributed by atoms with Crippen LogP contribution in [-0.2, 0) is 15.2 Å². The molecule has 0 unspecified atom stereocenters. The summed E-state index contributed by atoms with van der Waals surface area (Å²) in [7, 11) is 3.35. The molecule has 0 saturated carbocycles. The van der Waals surface area contributed by atoms with Gasteiger partial charge in [0.15, 0.2) is 5.76 Å². The van der Waals surface area contributed by atoms with Gasteiger partial charge in [-0.1, -0.05) is 29.4 Å². The third-order valence-corrected chi connectivity index (χ3v) is 6.55. The molecule has 4 heterocycles. The number of aliphatic hydroxyl groups is 1. The quantitative estimate of drug-likeness (QED) is 0.382. The topological polar surface area (TPSA) is 138 Å². The molecule has 2 N–H and O–H groups in total. The number of likely N-dealkylation sites (tertiary alicyclic amines) is 1. The molecule has 1 fully saturated rings. The number of para-hydroxylation sites is 1. The van der Waals surface area contributed by atoms with Crippen molar-refractivity contribution in [3.05, 3.63) is 72.6 Å². The Kier molecular flexibility index (Phi) is 6.60. The number of benzene rings is 1. The number of nitrogens with one attached hydrogen (secondary N) is 1. The lowest BCUT2D eigenvalue weighted by atomic mass is 9.98. The number of anilines is 2. The van der Waals surface area contributed by atoms with Gasteiger partial charge in [0.2, 0.25) is 17.5 Å². The molecule has 0 spiro atoms. The van der Waals surface area contributed by atoms with Gasteiger partial charge < -0.3 is 24.7 Å². The Balaban J connectivity index is 1.33. The summed E-state index contributed by atoms with van der Waals surface area (Å²) >= 11 is 0. The second-order valence-electron chi connectivity index (χ2n) is 9.19. The molecular weight excluding hydrogens is 486 g/mol. The van der Waals surface area contributed by atoms with Gasteiger partial charge in [-0.25, -0.2) is 15.0 Å². The van der Waals surface area contributed by atoms with E-state index in [0.717, 1.165) is 5.69 Å². The van der Waals surface area contributed by atoms with Crippen molar-refractivity contribution in [2.75, 3.05) is 30.9 Å². The van der Waals surface area contributed by atoms with Crippen LogP contribution in [0.4, 0.5) is 11.6 Å². The lowest BCUT2D eigenvalue weighted by molar-refractivity contribution is -0.144.